The maximum absolute atomic E-state index is 5.23. The molecule has 0 aliphatic rings. The Kier molecular flexibility index (Phi) is 8.85. The standard InChI is InChI=1S/C18H25NO.ClH/c1-15(16-10-9-11-17(14-16)20-5)19-13-8-6-7-12-18(2,3)4;/h6,8-11,14-15,19H,13H2,1-5H3;1H/t15-;/m1./s1. The average molecular weight is 308 g/mol. The van der Waals surface area contributed by atoms with Crippen LogP contribution in [0.5, 0.6) is 5.75 Å². The fourth-order valence-corrected chi connectivity index (χ4v) is 1.65. The van der Waals surface area contributed by atoms with Gasteiger partial charge >= 0.3 is 0 Å². The van der Waals surface area contributed by atoms with E-state index < -0.39 is 0 Å². The van der Waals surface area contributed by atoms with Gasteiger partial charge in [0.2, 0.25) is 0 Å². The Bertz CT molecular complexity index is 506. The second-order valence-electron chi connectivity index (χ2n) is 5.83. The Morgan fingerprint density at radius 1 is 1.33 bits per heavy atom. The van der Waals surface area contributed by atoms with Gasteiger partial charge in [0.05, 0.1) is 7.11 Å². The molecule has 1 aromatic rings. The van der Waals surface area contributed by atoms with Crippen LogP contribution in [-0.2, 0) is 0 Å². The number of rotatable bonds is 5. The van der Waals surface area contributed by atoms with Crippen molar-refractivity contribution in [2.24, 2.45) is 5.41 Å². The Hall–Kier alpha value is -1.43. The number of halogens is 1. The normalized spacial score (nSPS) is 12.2. The van der Waals surface area contributed by atoms with Gasteiger partial charge in [-0.05, 0) is 51.5 Å². The lowest BCUT2D eigenvalue weighted by atomic mass is 9.98. The molecule has 0 bridgehead atoms. The van der Waals surface area contributed by atoms with E-state index in [0.717, 1.165) is 12.3 Å². The Morgan fingerprint density at radius 3 is 2.67 bits per heavy atom. The lowest BCUT2D eigenvalue weighted by Crippen LogP contribution is -2.18. The first kappa shape index (κ1) is 19.6. The van der Waals surface area contributed by atoms with Crippen LogP contribution in [0.15, 0.2) is 36.4 Å². The molecule has 3 heteroatoms. The zero-order valence-corrected chi connectivity index (χ0v) is 14.4. The van der Waals surface area contributed by atoms with Crippen LogP contribution in [0.4, 0.5) is 0 Å². The number of benzene rings is 1. The minimum Gasteiger partial charge on any atom is -0.497 e. The fourth-order valence-electron chi connectivity index (χ4n) is 1.65. The second-order valence-corrected chi connectivity index (χ2v) is 5.83. The zero-order valence-electron chi connectivity index (χ0n) is 13.6. The van der Waals surface area contributed by atoms with Crippen molar-refractivity contribution in [3.05, 3.63) is 42.0 Å². The van der Waals surface area contributed by atoms with Crippen LogP contribution in [0.1, 0.15) is 39.3 Å². The largest absolute Gasteiger partial charge is 0.497 e. The highest BCUT2D eigenvalue weighted by molar-refractivity contribution is 5.85. The van der Waals surface area contributed by atoms with Crippen LogP contribution in [0.2, 0.25) is 0 Å². The molecule has 1 aromatic carbocycles. The third kappa shape index (κ3) is 8.45. The first-order valence-corrected chi connectivity index (χ1v) is 6.97. The topological polar surface area (TPSA) is 21.3 Å². The van der Waals surface area contributed by atoms with Crippen LogP contribution in [0.25, 0.3) is 0 Å². The summed E-state index contributed by atoms with van der Waals surface area (Å²) in [7, 11) is 1.69. The predicted octanol–water partition coefficient (Wildman–Crippen LogP) is 4.37. The van der Waals surface area contributed by atoms with Crippen molar-refractivity contribution in [2.45, 2.75) is 33.7 Å². The summed E-state index contributed by atoms with van der Waals surface area (Å²) in [6, 6.07) is 8.41. The van der Waals surface area contributed by atoms with Gasteiger partial charge < -0.3 is 10.1 Å². The molecular weight excluding hydrogens is 282 g/mol. The number of hydrogen-bond donors (Lipinski definition) is 1. The monoisotopic (exact) mass is 307 g/mol. The van der Waals surface area contributed by atoms with Gasteiger partial charge in [0.1, 0.15) is 5.75 Å². The van der Waals surface area contributed by atoms with E-state index in [4.69, 9.17) is 4.74 Å². The molecule has 0 unspecified atom stereocenters. The van der Waals surface area contributed by atoms with Crippen LogP contribution < -0.4 is 10.1 Å². The maximum atomic E-state index is 5.23. The summed E-state index contributed by atoms with van der Waals surface area (Å²) < 4.78 is 5.23. The van der Waals surface area contributed by atoms with Gasteiger partial charge in [-0.15, -0.1) is 12.4 Å². The molecule has 0 radical (unpaired) electrons. The highest BCUT2D eigenvalue weighted by Gasteiger charge is 2.04. The number of hydrogen-bond acceptors (Lipinski definition) is 2. The fraction of sp³-hybridized carbons (Fsp3) is 0.444. The maximum Gasteiger partial charge on any atom is 0.119 e. The predicted molar refractivity (Wildman–Crippen MR) is 93.0 cm³/mol. The molecule has 0 aromatic heterocycles. The molecule has 0 aliphatic carbocycles. The molecule has 1 N–H and O–H groups in total. The van der Waals surface area contributed by atoms with E-state index >= 15 is 0 Å². The van der Waals surface area contributed by atoms with Crippen LogP contribution in [0.3, 0.4) is 0 Å². The molecule has 0 amide bonds. The van der Waals surface area contributed by atoms with E-state index in [0.29, 0.717) is 0 Å². The molecule has 0 fully saturated rings. The lowest BCUT2D eigenvalue weighted by Gasteiger charge is -2.13. The van der Waals surface area contributed by atoms with Crippen molar-refractivity contribution < 1.29 is 4.74 Å². The summed E-state index contributed by atoms with van der Waals surface area (Å²) >= 11 is 0. The van der Waals surface area contributed by atoms with Gasteiger partial charge in [0, 0.05) is 18.0 Å². The van der Waals surface area contributed by atoms with Crippen molar-refractivity contribution in [3.8, 4) is 17.6 Å². The summed E-state index contributed by atoms with van der Waals surface area (Å²) in [6.45, 7) is 9.27. The number of allylic oxidation sites excluding steroid dienone is 1. The summed E-state index contributed by atoms with van der Waals surface area (Å²) in [5.41, 5.74) is 1.28. The summed E-state index contributed by atoms with van der Waals surface area (Å²) in [5, 5.41) is 3.44. The molecular formula is C18H26ClNO. The first-order chi connectivity index (χ1) is 9.42. The first-order valence-electron chi connectivity index (χ1n) is 6.97. The highest BCUT2D eigenvalue weighted by Crippen LogP contribution is 2.18. The van der Waals surface area contributed by atoms with Crippen molar-refractivity contribution in [1.29, 1.82) is 0 Å². The molecule has 0 spiro atoms. The average Bonchev–Trinajstić information content (AvgIpc) is 2.41. The smallest absolute Gasteiger partial charge is 0.119 e. The second kappa shape index (κ2) is 9.50. The highest BCUT2D eigenvalue weighted by atomic mass is 35.5. The summed E-state index contributed by atoms with van der Waals surface area (Å²) in [6.07, 6.45) is 3.96. The zero-order chi connectivity index (χ0) is 15.0. The van der Waals surface area contributed by atoms with E-state index in [1.165, 1.54) is 5.56 Å². The van der Waals surface area contributed by atoms with E-state index in [1.54, 1.807) is 7.11 Å². The number of ether oxygens (including phenoxy) is 1. The van der Waals surface area contributed by atoms with Crippen LogP contribution >= 0.6 is 12.4 Å². The molecule has 2 nitrogen and oxygen atoms in total. The van der Waals surface area contributed by atoms with E-state index in [2.05, 4.69) is 63.1 Å². The molecule has 0 aliphatic heterocycles. The number of nitrogens with one attached hydrogen (secondary N) is 1. The quantitative estimate of drug-likeness (QED) is 0.815. The third-order valence-corrected chi connectivity index (χ3v) is 2.78. The lowest BCUT2D eigenvalue weighted by molar-refractivity contribution is 0.413. The summed E-state index contributed by atoms with van der Waals surface area (Å²) in [5.74, 6) is 7.13. The van der Waals surface area contributed by atoms with E-state index in [1.807, 2.05) is 18.2 Å². The Morgan fingerprint density at radius 2 is 2.05 bits per heavy atom. The SMILES string of the molecule is COc1cccc([C@@H](C)NCC=CC#CC(C)(C)C)c1.Cl. The third-order valence-electron chi connectivity index (χ3n) is 2.78. The van der Waals surface area contributed by atoms with Crippen LogP contribution in [-0.4, -0.2) is 13.7 Å². The van der Waals surface area contributed by atoms with Crippen LogP contribution in [0, 0.1) is 17.3 Å². The van der Waals surface area contributed by atoms with Gasteiger partial charge in [0.25, 0.3) is 0 Å². The molecule has 0 saturated carbocycles. The van der Waals surface area contributed by atoms with E-state index in [9.17, 15) is 0 Å². The van der Waals surface area contributed by atoms with Crippen molar-refractivity contribution >= 4 is 12.4 Å². The minimum absolute atomic E-state index is 0. The van der Waals surface area contributed by atoms with Gasteiger partial charge in [-0.25, -0.2) is 0 Å². The Labute approximate surface area is 135 Å². The van der Waals surface area contributed by atoms with E-state index in [-0.39, 0.29) is 23.9 Å². The van der Waals surface area contributed by atoms with Crippen molar-refractivity contribution in [3.63, 3.8) is 0 Å². The molecule has 116 valence electrons. The minimum atomic E-state index is 0. The number of methoxy groups -OCH3 is 1. The van der Waals surface area contributed by atoms with Gasteiger partial charge in [-0.3, -0.25) is 0 Å². The van der Waals surface area contributed by atoms with Gasteiger partial charge in [0.15, 0.2) is 0 Å². The molecule has 1 rings (SSSR count). The Balaban J connectivity index is 0.00000400. The van der Waals surface area contributed by atoms with Gasteiger partial charge in [-0.1, -0.05) is 30.0 Å². The summed E-state index contributed by atoms with van der Waals surface area (Å²) in [4.78, 5) is 0. The molecule has 0 saturated heterocycles. The van der Waals surface area contributed by atoms with Crippen molar-refractivity contribution in [1.82, 2.24) is 5.32 Å². The molecule has 0 heterocycles. The van der Waals surface area contributed by atoms with Crippen molar-refractivity contribution in [2.75, 3.05) is 13.7 Å². The molecule has 21 heavy (non-hydrogen) atoms. The molecule has 1 atom stereocenters. The van der Waals surface area contributed by atoms with Gasteiger partial charge in [-0.2, -0.15) is 0 Å².